The summed E-state index contributed by atoms with van der Waals surface area (Å²) in [5.74, 6) is 1.20. The minimum atomic E-state index is 0.357. The van der Waals surface area contributed by atoms with Crippen LogP contribution in [0, 0.1) is 11.3 Å². The third-order valence-electron chi connectivity index (χ3n) is 3.84. The molecule has 2 rings (SSSR count). The largest absolute Gasteiger partial charge is 0.306 e. The van der Waals surface area contributed by atoms with Gasteiger partial charge in [0.1, 0.15) is 0 Å². The lowest BCUT2D eigenvalue weighted by molar-refractivity contribution is 0.467. The van der Waals surface area contributed by atoms with Gasteiger partial charge in [0.2, 0.25) is 0 Å². The Balaban J connectivity index is 1.96. The van der Waals surface area contributed by atoms with E-state index in [0.29, 0.717) is 12.1 Å². The van der Waals surface area contributed by atoms with Crippen molar-refractivity contribution in [1.82, 2.24) is 5.32 Å². The molecule has 1 aromatic rings. The predicted octanol–water partition coefficient (Wildman–Crippen LogP) is 3.88. The van der Waals surface area contributed by atoms with Gasteiger partial charge in [-0.05, 0) is 43.2 Å². The Morgan fingerprint density at radius 1 is 1.37 bits per heavy atom. The smallest absolute Gasteiger partial charge is 0.0991 e. The number of thioether (sulfide) groups is 1. The molecule has 1 fully saturated rings. The molecule has 0 heterocycles. The number of benzene rings is 1. The van der Waals surface area contributed by atoms with E-state index < -0.39 is 0 Å². The molecule has 0 aromatic heterocycles. The zero-order valence-corrected chi connectivity index (χ0v) is 12.5. The fourth-order valence-corrected chi connectivity index (χ4v) is 4.00. The van der Waals surface area contributed by atoms with Crippen molar-refractivity contribution in [2.45, 2.75) is 50.4 Å². The normalized spacial score (nSPS) is 24.1. The van der Waals surface area contributed by atoms with Crippen molar-refractivity contribution < 1.29 is 0 Å². The van der Waals surface area contributed by atoms with E-state index in [1.165, 1.54) is 30.6 Å². The van der Waals surface area contributed by atoms with Gasteiger partial charge in [-0.25, -0.2) is 0 Å². The van der Waals surface area contributed by atoms with E-state index in [1.54, 1.807) is 0 Å². The predicted molar refractivity (Wildman–Crippen MR) is 82.3 cm³/mol. The van der Waals surface area contributed by atoms with Gasteiger partial charge in [0.05, 0.1) is 11.6 Å². The molecule has 0 saturated heterocycles. The van der Waals surface area contributed by atoms with Crippen molar-refractivity contribution in [3.63, 3.8) is 0 Å². The minimum absolute atomic E-state index is 0.357. The molecule has 3 unspecified atom stereocenters. The maximum absolute atomic E-state index is 8.82. The molecule has 1 aromatic carbocycles. The number of hydrogen-bond donors (Lipinski definition) is 1. The Morgan fingerprint density at radius 2 is 2.11 bits per heavy atom. The van der Waals surface area contributed by atoms with E-state index in [9.17, 15) is 0 Å². The van der Waals surface area contributed by atoms with Crippen molar-refractivity contribution in [2.24, 2.45) is 0 Å². The molecule has 3 heteroatoms. The van der Waals surface area contributed by atoms with Gasteiger partial charge in [0.25, 0.3) is 0 Å². The van der Waals surface area contributed by atoms with Gasteiger partial charge in [0, 0.05) is 17.3 Å². The molecule has 1 saturated carbocycles. The van der Waals surface area contributed by atoms with Crippen LogP contribution in [0.3, 0.4) is 0 Å². The average molecular weight is 274 g/mol. The third-order valence-corrected chi connectivity index (χ3v) is 5.16. The molecule has 102 valence electrons. The Kier molecular flexibility index (Phi) is 5.30. The molecule has 0 bridgehead atoms. The fraction of sp³-hybridized carbons (Fsp3) is 0.562. The summed E-state index contributed by atoms with van der Waals surface area (Å²) in [6.45, 7) is 4.46. The number of nitriles is 1. The summed E-state index contributed by atoms with van der Waals surface area (Å²) in [6, 6.07) is 11.1. The SMILES string of the molecule is CCSC1CCCC1NC(C)c1ccc(C#N)cc1. The maximum Gasteiger partial charge on any atom is 0.0991 e. The first kappa shape index (κ1) is 14.4. The van der Waals surface area contributed by atoms with Crippen molar-refractivity contribution >= 4 is 11.8 Å². The van der Waals surface area contributed by atoms with Crippen molar-refractivity contribution in [3.8, 4) is 6.07 Å². The topological polar surface area (TPSA) is 35.8 Å². The van der Waals surface area contributed by atoms with Crippen molar-refractivity contribution in [2.75, 3.05) is 5.75 Å². The van der Waals surface area contributed by atoms with Gasteiger partial charge in [-0.3, -0.25) is 0 Å². The first-order valence-electron chi connectivity index (χ1n) is 7.12. The highest BCUT2D eigenvalue weighted by Crippen LogP contribution is 2.31. The van der Waals surface area contributed by atoms with Gasteiger partial charge in [-0.15, -0.1) is 0 Å². The summed E-state index contributed by atoms with van der Waals surface area (Å²) < 4.78 is 0. The standard InChI is InChI=1S/C16H22N2S/c1-3-19-16-6-4-5-15(16)18-12(2)14-9-7-13(11-17)8-10-14/h7-10,12,15-16,18H,3-6H2,1-2H3. The first-order valence-corrected chi connectivity index (χ1v) is 8.17. The fourth-order valence-electron chi connectivity index (χ4n) is 2.79. The highest BCUT2D eigenvalue weighted by molar-refractivity contribution is 7.99. The Labute approximate surface area is 120 Å². The van der Waals surface area contributed by atoms with Crippen LogP contribution in [0.15, 0.2) is 24.3 Å². The van der Waals surface area contributed by atoms with Crippen LogP contribution in [0.1, 0.15) is 50.3 Å². The van der Waals surface area contributed by atoms with Crippen LogP contribution in [0.2, 0.25) is 0 Å². The summed E-state index contributed by atoms with van der Waals surface area (Å²) in [4.78, 5) is 0. The van der Waals surface area contributed by atoms with Gasteiger partial charge in [0.15, 0.2) is 0 Å². The van der Waals surface area contributed by atoms with Crippen LogP contribution in [0.5, 0.6) is 0 Å². The van der Waals surface area contributed by atoms with E-state index in [0.717, 1.165) is 10.8 Å². The lowest BCUT2D eigenvalue weighted by atomic mass is 10.1. The molecule has 19 heavy (non-hydrogen) atoms. The van der Waals surface area contributed by atoms with E-state index in [4.69, 9.17) is 5.26 Å². The number of rotatable bonds is 5. The highest BCUT2D eigenvalue weighted by atomic mass is 32.2. The average Bonchev–Trinajstić information content (AvgIpc) is 2.86. The Morgan fingerprint density at radius 3 is 2.74 bits per heavy atom. The van der Waals surface area contributed by atoms with E-state index in [1.807, 2.05) is 12.1 Å². The summed E-state index contributed by atoms with van der Waals surface area (Å²) in [5, 5.41) is 13.4. The molecule has 0 spiro atoms. The number of nitrogens with zero attached hydrogens (tertiary/aromatic N) is 1. The van der Waals surface area contributed by atoms with E-state index in [2.05, 4.69) is 49.1 Å². The summed E-state index contributed by atoms with van der Waals surface area (Å²) >= 11 is 2.08. The van der Waals surface area contributed by atoms with Crippen LogP contribution in [0.4, 0.5) is 0 Å². The molecule has 0 radical (unpaired) electrons. The Bertz CT molecular complexity index is 435. The van der Waals surface area contributed by atoms with Gasteiger partial charge >= 0.3 is 0 Å². The second kappa shape index (κ2) is 6.98. The Hall–Kier alpha value is -0.980. The van der Waals surface area contributed by atoms with Crippen molar-refractivity contribution in [1.29, 1.82) is 5.26 Å². The summed E-state index contributed by atoms with van der Waals surface area (Å²) in [7, 11) is 0. The second-order valence-electron chi connectivity index (χ2n) is 5.15. The summed E-state index contributed by atoms with van der Waals surface area (Å²) in [5.41, 5.74) is 2.00. The molecular weight excluding hydrogens is 252 g/mol. The van der Waals surface area contributed by atoms with Crippen molar-refractivity contribution in [3.05, 3.63) is 35.4 Å². The van der Waals surface area contributed by atoms with Gasteiger partial charge < -0.3 is 5.32 Å². The molecule has 1 aliphatic rings. The monoisotopic (exact) mass is 274 g/mol. The lowest BCUT2D eigenvalue weighted by Gasteiger charge is -2.25. The first-order chi connectivity index (χ1) is 9.24. The van der Waals surface area contributed by atoms with Crippen LogP contribution in [-0.2, 0) is 0 Å². The lowest BCUT2D eigenvalue weighted by Crippen LogP contribution is -2.36. The van der Waals surface area contributed by atoms with Crippen LogP contribution >= 0.6 is 11.8 Å². The van der Waals surface area contributed by atoms with Crippen LogP contribution in [0.25, 0.3) is 0 Å². The molecule has 1 aliphatic carbocycles. The van der Waals surface area contributed by atoms with Gasteiger partial charge in [-0.2, -0.15) is 17.0 Å². The third kappa shape index (κ3) is 3.75. The van der Waals surface area contributed by atoms with Gasteiger partial charge in [-0.1, -0.05) is 25.5 Å². The molecular formula is C16H22N2S. The molecule has 2 nitrogen and oxygen atoms in total. The number of hydrogen-bond acceptors (Lipinski definition) is 3. The maximum atomic E-state index is 8.82. The second-order valence-corrected chi connectivity index (χ2v) is 6.67. The molecule has 3 atom stereocenters. The number of nitrogens with one attached hydrogen (secondary N) is 1. The molecule has 1 N–H and O–H groups in total. The van der Waals surface area contributed by atoms with E-state index >= 15 is 0 Å². The zero-order valence-electron chi connectivity index (χ0n) is 11.7. The molecule has 0 amide bonds. The summed E-state index contributed by atoms with van der Waals surface area (Å²) in [6.07, 6.45) is 3.98. The quantitative estimate of drug-likeness (QED) is 0.885. The minimum Gasteiger partial charge on any atom is -0.306 e. The van der Waals surface area contributed by atoms with Crippen LogP contribution < -0.4 is 5.32 Å². The molecule has 0 aliphatic heterocycles. The van der Waals surface area contributed by atoms with Crippen LogP contribution in [-0.4, -0.2) is 17.0 Å². The zero-order chi connectivity index (χ0) is 13.7. The highest BCUT2D eigenvalue weighted by Gasteiger charge is 2.28. The van der Waals surface area contributed by atoms with E-state index in [-0.39, 0.29) is 0 Å².